The third-order valence-corrected chi connectivity index (χ3v) is 3.16. The van der Waals surface area contributed by atoms with Crippen molar-refractivity contribution in [3.8, 4) is 0 Å². The summed E-state index contributed by atoms with van der Waals surface area (Å²) in [4.78, 5) is 0. The van der Waals surface area contributed by atoms with E-state index >= 15 is 0 Å². The van der Waals surface area contributed by atoms with Crippen LogP contribution >= 0.6 is 0 Å². The molecule has 0 aromatic heterocycles. The molecule has 0 heterocycles. The largest absolute Gasteiger partial charge is 0.396 e. The third-order valence-electron chi connectivity index (χ3n) is 3.16. The molecule has 1 aliphatic rings. The minimum Gasteiger partial charge on any atom is -0.396 e. The van der Waals surface area contributed by atoms with Crippen molar-refractivity contribution in [1.82, 2.24) is 0 Å². The van der Waals surface area contributed by atoms with Gasteiger partial charge in [-0.3, -0.25) is 0 Å². The predicted molar refractivity (Wildman–Crippen MR) is 46.1 cm³/mol. The monoisotopic (exact) mass is 157 g/mol. The normalized spacial score (nSPS) is 35.5. The van der Waals surface area contributed by atoms with Gasteiger partial charge in [-0.15, -0.1) is 0 Å². The van der Waals surface area contributed by atoms with E-state index in [0.29, 0.717) is 5.92 Å². The number of aliphatic hydroxyl groups excluding tert-OH is 1. The van der Waals surface area contributed by atoms with Crippen molar-refractivity contribution in [2.45, 2.75) is 33.7 Å². The second-order valence-corrected chi connectivity index (χ2v) is 4.97. The Bertz CT molecular complexity index is 163. The molecule has 0 radical (unpaired) electrons. The van der Waals surface area contributed by atoms with Crippen molar-refractivity contribution < 1.29 is 5.11 Å². The molecular weight excluding hydrogens is 138 g/mol. The average Bonchev–Trinajstić information content (AvgIpc) is 2.34. The molecule has 66 valence electrons. The second-order valence-electron chi connectivity index (χ2n) is 4.97. The van der Waals surface area contributed by atoms with Crippen LogP contribution in [-0.2, 0) is 0 Å². The van der Waals surface area contributed by atoms with Gasteiger partial charge in [0.1, 0.15) is 0 Å². The van der Waals surface area contributed by atoms with Gasteiger partial charge in [0.05, 0.1) is 0 Å². The fraction of sp³-hybridized carbons (Fsp3) is 1.00. The minimum atomic E-state index is -0.0110. The quantitative estimate of drug-likeness (QED) is 0.628. The lowest BCUT2D eigenvalue weighted by Crippen LogP contribution is -2.23. The topological polar surface area (TPSA) is 46.2 Å². The van der Waals surface area contributed by atoms with Gasteiger partial charge < -0.3 is 10.8 Å². The molecule has 1 aliphatic carbocycles. The van der Waals surface area contributed by atoms with E-state index in [0.717, 1.165) is 0 Å². The van der Waals surface area contributed by atoms with Crippen molar-refractivity contribution in [3.63, 3.8) is 0 Å². The van der Waals surface area contributed by atoms with Gasteiger partial charge in [0.2, 0.25) is 0 Å². The molecule has 1 rings (SSSR count). The molecule has 11 heavy (non-hydrogen) atoms. The molecule has 0 unspecified atom stereocenters. The number of hydrogen-bond acceptors (Lipinski definition) is 2. The number of rotatable bonds is 2. The average molecular weight is 157 g/mol. The van der Waals surface area contributed by atoms with Crippen LogP contribution in [0, 0.1) is 16.7 Å². The van der Waals surface area contributed by atoms with Crippen LogP contribution in [0.2, 0.25) is 0 Å². The van der Waals surface area contributed by atoms with Gasteiger partial charge >= 0.3 is 0 Å². The van der Waals surface area contributed by atoms with E-state index in [9.17, 15) is 0 Å². The SMILES string of the molecule is CC(C)(CO)[C@@H]1[C@@H](N)C1(C)C. The molecule has 2 heteroatoms. The zero-order chi connectivity index (χ0) is 8.86. The molecule has 0 aromatic rings. The van der Waals surface area contributed by atoms with Gasteiger partial charge in [0, 0.05) is 12.6 Å². The lowest BCUT2D eigenvalue weighted by Gasteiger charge is -2.23. The summed E-state index contributed by atoms with van der Waals surface area (Å²) in [5.74, 6) is 0.472. The highest BCUT2D eigenvalue weighted by atomic mass is 16.3. The summed E-state index contributed by atoms with van der Waals surface area (Å²) in [7, 11) is 0. The fourth-order valence-corrected chi connectivity index (χ4v) is 2.27. The zero-order valence-corrected chi connectivity index (χ0v) is 7.89. The summed E-state index contributed by atoms with van der Waals surface area (Å²) in [5, 5.41) is 9.10. The third kappa shape index (κ3) is 1.18. The summed E-state index contributed by atoms with van der Waals surface area (Å²) in [6.07, 6.45) is 0. The maximum Gasteiger partial charge on any atom is 0.0485 e. The summed E-state index contributed by atoms with van der Waals surface area (Å²) in [6.45, 7) is 8.72. The molecule has 2 nitrogen and oxygen atoms in total. The molecule has 2 atom stereocenters. The maximum absolute atomic E-state index is 9.10. The molecule has 3 N–H and O–H groups in total. The van der Waals surface area contributed by atoms with Crippen LogP contribution in [0.25, 0.3) is 0 Å². The molecule has 1 fully saturated rings. The highest BCUT2D eigenvalue weighted by molar-refractivity contribution is 5.13. The van der Waals surface area contributed by atoms with E-state index in [1.807, 2.05) is 0 Å². The van der Waals surface area contributed by atoms with Crippen molar-refractivity contribution in [2.24, 2.45) is 22.5 Å². The number of hydrogen-bond donors (Lipinski definition) is 2. The van der Waals surface area contributed by atoms with E-state index < -0.39 is 0 Å². The minimum absolute atomic E-state index is 0.0110. The van der Waals surface area contributed by atoms with Crippen LogP contribution in [0.4, 0.5) is 0 Å². The van der Waals surface area contributed by atoms with Gasteiger partial charge in [-0.05, 0) is 16.7 Å². The second kappa shape index (κ2) is 2.20. The lowest BCUT2D eigenvalue weighted by atomic mass is 9.84. The van der Waals surface area contributed by atoms with Crippen LogP contribution in [0.3, 0.4) is 0 Å². The van der Waals surface area contributed by atoms with Gasteiger partial charge in [-0.25, -0.2) is 0 Å². The summed E-state index contributed by atoms with van der Waals surface area (Å²) < 4.78 is 0. The van der Waals surface area contributed by atoms with Crippen LogP contribution in [0.15, 0.2) is 0 Å². The maximum atomic E-state index is 9.10. The van der Waals surface area contributed by atoms with E-state index in [1.165, 1.54) is 0 Å². The zero-order valence-electron chi connectivity index (χ0n) is 7.89. The molecular formula is C9H19NO. The standard InChI is InChI=1S/C9H19NO/c1-8(2,5-11)6-7(10)9(6,3)4/h6-7,11H,5,10H2,1-4H3/t6-,7+/m0/s1. The predicted octanol–water partition coefficient (Wildman–Crippen LogP) is 0.988. The summed E-state index contributed by atoms with van der Waals surface area (Å²) in [6, 6.07) is 0.268. The van der Waals surface area contributed by atoms with Gasteiger partial charge in [0.15, 0.2) is 0 Å². The Hall–Kier alpha value is -0.0800. The van der Waals surface area contributed by atoms with Gasteiger partial charge in [-0.1, -0.05) is 27.7 Å². The number of nitrogens with two attached hydrogens (primary N) is 1. The van der Waals surface area contributed by atoms with Gasteiger partial charge in [-0.2, -0.15) is 0 Å². The van der Waals surface area contributed by atoms with Crippen molar-refractivity contribution in [2.75, 3.05) is 6.61 Å². The Balaban J connectivity index is 2.67. The van der Waals surface area contributed by atoms with Crippen LogP contribution in [0.1, 0.15) is 27.7 Å². The summed E-state index contributed by atoms with van der Waals surface area (Å²) >= 11 is 0. The first-order valence-electron chi connectivity index (χ1n) is 4.20. The Kier molecular flexibility index (Phi) is 1.81. The van der Waals surface area contributed by atoms with E-state index in [-0.39, 0.29) is 23.5 Å². The molecule has 0 saturated heterocycles. The molecule has 0 bridgehead atoms. The van der Waals surface area contributed by atoms with Gasteiger partial charge in [0.25, 0.3) is 0 Å². The Labute approximate surface area is 68.8 Å². The fourth-order valence-electron chi connectivity index (χ4n) is 2.27. The Morgan fingerprint density at radius 2 is 1.82 bits per heavy atom. The van der Waals surface area contributed by atoms with Crippen molar-refractivity contribution in [1.29, 1.82) is 0 Å². The van der Waals surface area contributed by atoms with Crippen molar-refractivity contribution in [3.05, 3.63) is 0 Å². The highest BCUT2D eigenvalue weighted by Gasteiger charge is 2.61. The van der Waals surface area contributed by atoms with E-state index in [1.54, 1.807) is 0 Å². The molecule has 0 spiro atoms. The molecule has 0 amide bonds. The smallest absolute Gasteiger partial charge is 0.0485 e. The highest BCUT2D eigenvalue weighted by Crippen LogP contribution is 2.58. The first kappa shape index (κ1) is 9.01. The Morgan fingerprint density at radius 3 is 1.91 bits per heavy atom. The molecule has 0 aliphatic heterocycles. The van der Waals surface area contributed by atoms with Crippen LogP contribution < -0.4 is 5.73 Å². The summed E-state index contributed by atoms with van der Waals surface area (Å²) in [5.41, 5.74) is 6.11. The van der Waals surface area contributed by atoms with Crippen LogP contribution in [-0.4, -0.2) is 17.8 Å². The first-order valence-corrected chi connectivity index (χ1v) is 4.20. The first-order chi connectivity index (χ1) is 4.84. The van der Waals surface area contributed by atoms with E-state index in [2.05, 4.69) is 27.7 Å². The van der Waals surface area contributed by atoms with Crippen molar-refractivity contribution >= 4 is 0 Å². The lowest BCUT2D eigenvalue weighted by molar-refractivity contribution is 0.123. The molecule has 0 aromatic carbocycles. The molecule has 1 saturated carbocycles. The Morgan fingerprint density at radius 1 is 1.45 bits per heavy atom. The van der Waals surface area contributed by atoms with E-state index in [4.69, 9.17) is 10.8 Å². The van der Waals surface area contributed by atoms with Crippen LogP contribution in [0.5, 0.6) is 0 Å². The number of aliphatic hydroxyl groups is 1.